The van der Waals surface area contributed by atoms with E-state index in [9.17, 15) is 4.79 Å². The van der Waals surface area contributed by atoms with Gasteiger partial charge in [-0.1, -0.05) is 18.2 Å². The first-order valence-electron chi connectivity index (χ1n) is 7.93. The first kappa shape index (κ1) is 16.6. The van der Waals surface area contributed by atoms with Crippen LogP contribution in [0, 0.1) is 0 Å². The Kier molecular flexibility index (Phi) is 6.07. The minimum atomic E-state index is 0.0254. The van der Waals surface area contributed by atoms with E-state index in [-0.39, 0.29) is 6.03 Å². The van der Waals surface area contributed by atoms with Crippen LogP contribution in [-0.2, 0) is 6.54 Å². The zero-order chi connectivity index (χ0) is 15.9. The highest BCUT2D eigenvalue weighted by Gasteiger charge is 2.26. The summed E-state index contributed by atoms with van der Waals surface area (Å²) < 4.78 is 5.33. The van der Waals surface area contributed by atoms with Gasteiger partial charge in [0.25, 0.3) is 0 Å². The van der Waals surface area contributed by atoms with Crippen LogP contribution in [0.1, 0.15) is 24.8 Å². The number of benzene rings is 1. The minimum Gasteiger partial charge on any atom is -0.496 e. The van der Waals surface area contributed by atoms with Crippen molar-refractivity contribution in [1.29, 1.82) is 0 Å². The number of methoxy groups -OCH3 is 1. The van der Waals surface area contributed by atoms with Crippen LogP contribution >= 0.6 is 0 Å². The Morgan fingerprint density at radius 2 is 2.14 bits per heavy atom. The lowest BCUT2D eigenvalue weighted by molar-refractivity contribution is 0.133. The molecule has 1 aliphatic rings. The summed E-state index contributed by atoms with van der Waals surface area (Å²) in [5.74, 6) is 0.811. The quantitative estimate of drug-likeness (QED) is 0.908. The van der Waals surface area contributed by atoms with Gasteiger partial charge in [-0.3, -0.25) is 0 Å². The van der Waals surface area contributed by atoms with Crippen molar-refractivity contribution >= 4 is 6.03 Å². The number of carbonyl (C=O) groups is 1. The molecular weight excluding hydrogens is 278 g/mol. The second-order valence-corrected chi connectivity index (χ2v) is 6.08. The normalized spacial score (nSPS) is 18.4. The van der Waals surface area contributed by atoms with Gasteiger partial charge in [0.05, 0.1) is 7.11 Å². The zero-order valence-electron chi connectivity index (χ0n) is 13.8. The van der Waals surface area contributed by atoms with Crippen molar-refractivity contribution in [2.45, 2.75) is 31.8 Å². The highest BCUT2D eigenvalue weighted by molar-refractivity contribution is 5.74. The van der Waals surface area contributed by atoms with E-state index in [2.05, 4.69) is 24.3 Å². The van der Waals surface area contributed by atoms with E-state index >= 15 is 0 Å². The van der Waals surface area contributed by atoms with E-state index in [0.717, 1.165) is 37.2 Å². The van der Waals surface area contributed by atoms with Crippen LogP contribution in [0.4, 0.5) is 4.79 Å². The molecule has 1 heterocycles. The smallest absolute Gasteiger partial charge is 0.317 e. The van der Waals surface area contributed by atoms with Crippen molar-refractivity contribution in [2.24, 2.45) is 0 Å². The van der Waals surface area contributed by atoms with Gasteiger partial charge in [0.15, 0.2) is 0 Å². The number of likely N-dealkylation sites (tertiary alicyclic amines) is 1. The molecule has 22 heavy (non-hydrogen) atoms. The molecular formula is C17H27N3O2. The fourth-order valence-electron chi connectivity index (χ4n) is 3.00. The third kappa shape index (κ3) is 4.37. The molecule has 1 aromatic carbocycles. The first-order chi connectivity index (χ1) is 10.6. The summed E-state index contributed by atoms with van der Waals surface area (Å²) in [6.45, 7) is 2.26. The number of urea groups is 1. The van der Waals surface area contributed by atoms with Crippen LogP contribution in [0.5, 0.6) is 5.75 Å². The molecule has 1 N–H and O–H groups in total. The average Bonchev–Trinajstić information content (AvgIpc) is 2.52. The number of rotatable bonds is 5. The van der Waals surface area contributed by atoms with Gasteiger partial charge >= 0.3 is 6.03 Å². The van der Waals surface area contributed by atoms with Crippen molar-refractivity contribution in [3.05, 3.63) is 29.8 Å². The molecule has 0 unspecified atom stereocenters. The number of likely N-dealkylation sites (N-methyl/N-ethyl adjacent to an activating group) is 1. The van der Waals surface area contributed by atoms with Crippen molar-refractivity contribution < 1.29 is 9.53 Å². The summed E-state index contributed by atoms with van der Waals surface area (Å²) in [5, 5.41) is 3.04. The van der Waals surface area contributed by atoms with E-state index in [1.807, 2.05) is 29.2 Å². The lowest BCUT2D eigenvalue weighted by atomic mass is 10.0. The van der Waals surface area contributed by atoms with Gasteiger partial charge in [-0.2, -0.15) is 0 Å². The molecule has 2 rings (SSSR count). The standard InChI is InChI=1S/C17H27N3O2/c1-19(2)13-15-9-6-7-11-20(15)17(21)18-12-14-8-4-5-10-16(14)22-3/h4-5,8,10,15H,6-7,9,11-13H2,1-3H3,(H,18,21)/t15-/m1/s1. The maximum Gasteiger partial charge on any atom is 0.317 e. The second-order valence-electron chi connectivity index (χ2n) is 6.08. The molecule has 0 aromatic heterocycles. The zero-order valence-corrected chi connectivity index (χ0v) is 13.8. The van der Waals surface area contributed by atoms with Crippen molar-refractivity contribution in [3.8, 4) is 5.75 Å². The molecule has 1 atom stereocenters. The Balaban J connectivity index is 1.95. The van der Waals surface area contributed by atoms with E-state index in [4.69, 9.17) is 4.74 Å². The van der Waals surface area contributed by atoms with Crippen LogP contribution in [0.25, 0.3) is 0 Å². The topological polar surface area (TPSA) is 44.8 Å². The van der Waals surface area contributed by atoms with E-state index in [0.29, 0.717) is 12.6 Å². The number of carbonyl (C=O) groups excluding carboxylic acids is 1. The van der Waals surface area contributed by atoms with Crippen LogP contribution in [0.3, 0.4) is 0 Å². The van der Waals surface area contributed by atoms with Crippen LogP contribution in [0.2, 0.25) is 0 Å². The molecule has 5 nitrogen and oxygen atoms in total. The third-order valence-electron chi connectivity index (χ3n) is 4.09. The lowest BCUT2D eigenvalue weighted by Crippen LogP contribution is -2.51. The molecule has 1 fully saturated rings. The van der Waals surface area contributed by atoms with Gasteiger partial charge in [0.1, 0.15) is 5.75 Å². The summed E-state index contributed by atoms with van der Waals surface area (Å²) in [4.78, 5) is 16.7. The summed E-state index contributed by atoms with van der Waals surface area (Å²) in [6, 6.07) is 8.12. The van der Waals surface area contributed by atoms with Gasteiger partial charge in [-0.25, -0.2) is 4.79 Å². The predicted molar refractivity (Wildman–Crippen MR) is 88.1 cm³/mol. The molecule has 0 spiro atoms. The molecule has 5 heteroatoms. The fraction of sp³-hybridized carbons (Fsp3) is 0.588. The van der Waals surface area contributed by atoms with Crippen molar-refractivity contribution in [1.82, 2.24) is 15.1 Å². The van der Waals surface area contributed by atoms with Gasteiger partial charge in [0, 0.05) is 31.2 Å². The van der Waals surface area contributed by atoms with Gasteiger partial charge in [-0.05, 0) is 39.4 Å². The number of hydrogen-bond donors (Lipinski definition) is 1. The number of nitrogens with zero attached hydrogens (tertiary/aromatic N) is 2. The van der Waals surface area contributed by atoms with E-state index < -0.39 is 0 Å². The molecule has 122 valence electrons. The summed E-state index contributed by atoms with van der Waals surface area (Å²) in [7, 11) is 5.76. The Morgan fingerprint density at radius 1 is 1.36 bits per heavy atom. The molecule has 0 saturated carbocycles. The highest BCUT2D eigenvalue weighted by Crippen LogP contribution is 2.19. The summed E-state index contributed by atoms with van der Waals surface area (Å²) in [6.07, 6.45) is 3.38. The number of piperidine rings is 1. The molecule has 1 aromatic rings. The Labute approximate surface area is 133 Å². The largest absolute Gasteiger partial charge is 0.496 e. The van der Waals surface area contributed by atoms with Crippen LogP contribution in [0.15, 0.2) is 24.3 Å². The highest BCUT2D eigenvalue weighted by atomic mass is 16.5. The molecule has 0 radical (unpaired) electrons. The summed E-state index contributed by atoms with van der Waals surface area (Å²) in [5.41, 5.74) is 1.000. The number of amides is 2. The molecule has 0 aliphatic carbocycles. The monoisotopic (exact) mass is 305 g/mol. The number of ether oxygens (including phenoxy) is 1. The number of para-hydroxylation sites is 1. The Bertz CT molecular complexity index is 491. The Morgan fingerprint density at radius 3 is 2.86 bits per heavy atom. The maximum atomic E-state index is 12.5. The Hall–Kier alpha value is -1.75. The van der Waals surface area contributed by atoms with E-state index in [1.165, 1.54) is 6.42 Å². The number of nitrogens with one attached hydrogen (secondary N) is 1. The van der Waals surface area contributed by atoms with Crippen LogP contribution < -0.4 is 10.1 Å². The van der Waals surface area contributed by atoms with Gasteiger partial charge in [0.2, 0.25) is 0 Å². The minimum absolute atomic E-state index is 0.0254. The molecule has 1 saturated heterocycles. The average molecular weight is 305 g/mol. The SMILES string of the molecule is COc1ccccc1CNC(=O)N1CCCC[C@@H]1CN(C)C. The number of hydrogen-bond acceptors (Lipinski definition) is 3. The van der Waals surface area contributed by atoms with Gasteiger partial charge in [-0.15, -0.1) is 0 Å². The third-order valence-corrected chi connectivity index (χ3v) is 4.09. The first-order valence-corrected chi connectivity index (χ1v) is 7.93. The summed E-state index contributed by atoms with van der Waals surface area (Å²) >= 11 is 0. The molecule has 0 bridgehead atoms. The predicted octanol–water partition coefficient (Wildman–Crippen LogP) is 2.32. The molecule has 1 aliphatic heterocycles. The van der Waals surface area contributed by atoms with Crippen LogP contribution in [-0.4, -0.2) is 56.2 Å². The van der Waals surface area contributed by atoms with Crippen molar-refractivity contribution in [2.75, 3.05) is 34.3 Å². The second kappa shape index (κ2) is 8.03. The maximum absolute atomic E-state index is 12.5. The lowest BCUT2D eigenvalue weighted by Gasteiger charge is -2.37. The van der Waals surface area contributed by atoms with Crippen molar-refractivity contribution in [3.63, 3.8) is 0 Å². The fourth-order valence-corrected chi connectivity index (χ4v) is 3.00. The van der Waals surface area contributed by atoms with Gasteiger partial charge < -0.3 is 19.9 Å². The molecule has 2 amide bonds. The van der Waals surface area contributed by atoms with E-state index in [1.54, 1.807) is 7.11 Å².